The molecule has 3 N–H and O–H groups in total. The number of anilines is 2. The van der Waals surface area contributed by atoms with Gasteiger partial charge in [0, 0.05) is 24.0 Å². The van der Waals surface area contributed by atoms with E-state index >= 15 is 0 Å². The van der Waals surface area contributed by atoms with Crippen LogP contribution in [0.5, 0.6) is 0 Å². The fourth-order valence-electron chi connectivity index (χ4n) is 3.52. The standard InChI is InChI=1S/C15H21N5S/c1-17-9-6-7-20(8-9)14-13-12(18-15(16)19-14)10-4-2-3-5-11(10)21-13/h9,17H,2-8H2,1H3,(H2,16,18,19). The lowest BCUT2D eigenvalue weighted by molar-refractivity contribution is 0.616. The molecule has 6 heteroatoms. The predicted molar refractivity (Wildman–Crippen MR) is 88.1 cm³/mol. The second-order valence-corrected chi connectivity index (χ2v) is 7.12. The summed E-state index contributed by atoms with van der Waals surface area (Å²) in [6.45, 7) is 2.05. The molecule has 1 atom stereocenters. The Bertz CT molecular complexity index is 680. The minimum atomic E-state index is 0.414. The molecule has 0 bridgehead atoms. The van der Waals surface area contributed by atoms with E-state index in [1.165, 1.54) is 34.4 Å². The lowest BCUT2D eigenvalue weighted by atomic mass is 9.98. The van der Waals surface area contributed by atoms with E-state index in [1.807, 2.05) is 18.4 Å². The molecule has 2 aromatic heterocycles. The number of hydrogen-bond acceptors (Lipinski definition) is 6. The highest BCUT2D eigenvalue weighted by molar-refractivity contribution is 7.19. The topological polar surface area (TPSA) is 67.1 Å². The van der Waals surface area contributed by atoms with Crippen molar-refractivity contribution in [2.75, 3.05) is 30.8 Å². The van der Waals surface area contributed by atoms with Gasteiger partial charge in [0.15, 0.2) is 5.82 Å². The number of aryl methyl sites for hydroxylation is 2. The maximum absolute atomic E-state index is 5.99. The van der Waals surface area contributed by atoms with Gasteiger partial charge in [0.1, 0.15) is 0 Å². The number of nitrogen functional groups attached to an aromatic ring is 1. The molecule has 1 unspecified atom stereocenters. The number of nitrogens with zero attached hydrogens (tertiary/aromatic N) is 3. The second kappa shape index (κ2) is 5.10. The summed E-state index contributed by atoms with van der Waals surface area (Å²) in [4.78, 5) is 13.0. The molecule has 4 rings (SSSR count). The van der Waals surface area contributed by atoms with Crippen LogP contribution in [0.3, 0.4) is 0 Å². The number of aromatic nitrogens is 2. The van der Waals surface area contributed by atoms with Gasteiger partial charge in [-0.25, -0.2) is 4.98 Å². The van der Waals surface area contributed by atoms with E-state index < -0.39 is 0 Å². The molecule has 1 aliphatic heterocycles. The number of thiophene rings is 1. The molecule has 21 heavy (non-hydrogen) atoms. The third-order valence-corrected chi connectivity index (χ3v) is 5.97. The van der Waals surface area contributed by atoms with Gasteiger partial charge in [-0.3, -0.25) is 0 Å². The van der Waals surface area contributed by atoms with Crippen molar-refractivity contribution in [2.45, 2.75) is 38.1 Å². The molecular weight excluding hydrogens is 282 g/mol. The average molecular weight is 303 g/mol. The van der Waals surface area contributed by atoms with Crippen molar-refractivity contribution >= 4 is 33.3 Å². The molecular formula is C15H21N5S. The Balaban J connectivity index is 1.83. The molecule has 1 saturated heterocycles. The highest BCUT2D eigenvalue weighted by atomic mass is 32.1. The number of rotatable bonds is 2. The van der Waals surface area contributed by atoms with Crippen LogP contribution in [-0.2, 0) is 12.8 Å². The minimum Gasteiger partial charge on any atom is -0.368 e. The van der Waals surface area contributed by atoms with Gasteiger partial charge in [-0.15, -0.1) is 11.3 Å². The van der Waals surface area contributed by atoms with Crippen LogP contribution in [0.2, 0.25) is 0 Å². The maximum Gasteiger partial charge on any atom is 0.222 e. The first-order valence-electron chi connectivity index (χ1n) is 7.76. The van der Waals surface area contributed by atoms with Crippen molar-refractivity contribution in [1.29, 1.82) is 0 Å². The number of nitrogens with one attached hydrogen (secondary N) is 1. The fourth-order valence-corrected chi connectivity index (χ4v) is 4.87. The first kappa shape index (κ1) is 13.3. The van der Waals surface area contributed by atoms with Crippen LogP contribution >= 0.6 is 11.3 Å². The first-order chi connectivity index (χ1) is 10.3. The van der Waals surface area contributed by atoms with Crippen LogP contribution in [0.25, 0.3) is 10.2 Å². The summed E-state index contributed by atoms with van der Waals surface area (Å²) in [5.41, 5.74) is 8.54. The lowest BCUT2D eigenvalue weighted by Gasteiger charge is -2.18. The van der Waals surface area contributed by atoms with Crippen molar-refractivity contribution < 1.29 is 0 Å². The molecule has 2 aliphatic rings. The summed E-state index contributed by atoms with van der Waals surface area (Å²) in [5.74, 6) is 1.46. The SMILES string of the molecule is CNC1CCN(c2nc(N)nc3c4c(sc23)CCCC4)C1. The van der Waals surface area contributed by atoms with Gasteiger partial charge in [0.25, 0.3) is 0 Å². The van der Waals surface area contributed by atoms with Crippen LogP contribution in [0.1, 0.15) is 29.7 Å². The Morgan fingerprint density at radius 3 is 2.95 bits per heavy atom. The van der Waals surface area contributed by atoms with Gasteiger partial charge in [-0.2, -0.15) is 4.98 Å². The Kier molecular flexibility index (Phi) is 3.23. The molecule has 0 spiro atoms. The van der Waals surface area contributed by atoms with Crippen molar-refractivity contribution in [3.63, 3.8) is 0 Å². The van der Waals surface area contributed by atoms with Gasteiger partial charge in [-0.1, -0.05) is 0 Å². The lowest BCUT2D eigenvalue weighted by Crippen LogP contribution is -2.30. The van der Waals surface area contributed by atoms with Crippen LogP contribution in [0.4, 0.5) is 11.8 Å². The molecule has 3 heterocycles. The van der Waals surface area contributed by atoms with E-state index in [-0.39, 0.29) is 0 Å². The Labute approximate surface area is 128 Å². The Hall–Kier alpha value is -1.40. The zero-order chi connectivity index (χ0) is 14.4. The van der Waals surface area contributed by atoms with Crippen molar-refractivity contribution in [3.8, 4) is 0 Å². The number of fused-ring (bicyclic) bond motifs is 3. The van der Waals surface area contributed by atoms with E-state index in [0.29, 0.717) is 12.0 Å². The smallest absolute Gasteiger partial charge is 0.222 e. The first-order valence-corrected chi connectivity index (χ1v) is 8.58. The largest absolute Gasteiger partial charge is 0.368 e. The molecule has 1 aliphatic carbocycles. The quantitative estimate of drug-likeness (QED) is 0.887. The van der Waals surface area contributed by atoms with E-state index in [9.17, 15) is 0 Å². The summed E-state index contributed by atoms with van der Waals surface area (Å²) >= 11 is 1.89. The zero-order valence-corrected chi connectivity index (χ0v) is 13.2. The van der Waals surface area contributed by atoms with Crippen LogP contribution in [-0.4, -0.2) is 36.1 Å². The highest BCUT2D eigenvalue weighted by Gasteiger charge is 2.27. The second-order valence-electron chi connectivity index (χ2n) is 6.01. The van der Waals surface area contributed by atoms with Crippen molar-refractivity contribution in [3.05, 3.63) is 10.4 Å². The molecule has 0 radical (unpaired) electrons. The summed E-state index contributed by atoms with van der Waals surface area (Å²) in [5, 5.41) is 3.36. The molecule has 5 nitrogen and oxygen atoms in total. The number of likely N-dealkylation sites (N-methyl/N-ethyl adjacent to an activating group) is 1. The van der Waals surface area contributed by atoms with Crippen LogP contribution in [0.15, 0.2) is 0 Å². The summed E-state index contributed by atoms with van der Waals surface area (Å²) < 4.78 is 1.24. The molecule has 112 valence electrons. The molecule has 1 fully saturated rings. The normalized spacial score (nSPS) is 22.0. The van der Waals surface area contributed by atoms with Gasteiger partial charge >= 0.3 is 0 Å². The fraction of sp³-hybridized carbons (Fsp3) is 0.600. The summed E-state index contributed by atoms with van der Waals surface area (Å²) in [6.07, 6.45) is 6.05. The van der Waals surface area contributed by atoms with Gasteiger partial charge < -0.3 is 16.0 Å². The van der Waals surface area contributed by atoms with Crippen molar-refractivity contribution in [2.24, 2.45) is 0 Å². The Morgan fingerprint density at radius 2 is 2.14 bits per heavy atom. The monoisotopic (exact) mass is 303 g/mol. The summed E-state index contributed by atoms with van der Waals surface area (Å²) in [6, 6.07) is 0.547. The van der Waals surface area contributed by atoms with Gasteiger partial charge in [0.05, 0.1) is 10.2 Å². The number of nitrogens with two attached hydrogens (primary N) is 1. The van der Waals surface area contributed by atoms with Gasteiger partial charge in [-0.05, 0) is 44.7 Å². The predicted octanol–water partition coefficient (Wildman–Crippen LogP) is 1.95. The molecule has 0 amide bonds. The Morgan fingerprint density at radius 1 is 1.29 bits per heavy atom. The average Bonchev–Trinajstić information content (AvgIpc) is 3.11. The van der Waals surface area contributed by atoms with Crippen molar-refractivity contribution in [1.82, 2.24) is 15.3 Å². The molecule has 0 aromatic carbocycles. The van der Waals surface area contributed by atoms with Crippen LogP contribution < -0.4 is 16.0 Å². The molecule has 0 saturated carbocycles. The summed E-state index contributed by atoms with van der Waals surface area (Å²) in [7, 11) is 2.03. The zero-order valence-electron chi connectivity index (χ0n) is 12.4. The van der Waals surface area contributed by atoms with E-state index in [1.54, 1.807) is 0 Å². The van der Waals surface area contributed by atoms with Crippen LogP contribution in [0, 0.1) is 0 Å². The van der Waals surface area contributed by atoms with E-state index in [0.717, 1.165) is 37.3 Å². The maximum atomic E-state index is 5.99. The van der Waals surface area contributed by atoms with E-state index in [2.05, 4.69) is 20.2 Å². The minimum absolute atomic E-state index is 0.414. The van der Waals surface area contributed by atoms with E-state index in [4.69, 9.17) is 5.73 Å². The third kappa shape index (κ3) is 2.17. The van der Waals surface area contributed by atoms with Gasteiger partial charge in [0.2, 0.25) is 5.95 Å². The highest BCUT2D eigenvalue weighted by Crippen LogP contribution is 2.40. The third-order valence-electron chi connectivity index (χ3n) is 4.69. The number of hydrogen-bond donors (Lipinski definition) is 2. The molecule has 2 aromatic rings.